The van der Waals surface area contributed by atoms with Crippen LogP contribution in [0, 0.1) is 18.3 Å². The topological polar surface area (TPSA) is 35.8 Å². The van der Waals surface area contributed by atoms with Gasteiger partial charge in [-0.15, -0.1) is 0 Å². The van der Waals surface area contributed by atoms with Gasteiger partial charge in [-0.25, -0.2) is 0 Å². The van der Waals surface area contributed by atoms with Gasteiger partial charge in [0.1, 0.15) is 6.07 Å². The van der Waals surface area contributed by atoms with Crippen molar-refractivity contribution in [2.24, 2.45) is 0 Å². The number of nitriles is 1. The number of hydrogen-bond donors (Lipinski definition) is 1. The summed E-state index contributed by atoms with van der Waals surface area (Å²) in [6.07, 6.45) is 0. The molecule has 0 spiro atoms. The van der Waals surface area contributed by atoms with Gasteiger partial charge < -0.3 is 5.32 Å². The number of nitrogens with one attached hydrogen (secondary N) is 1. The first-order valence-electron chi connectivity index (χ1n) is 5.16. The lowest BCUT2D eigenvalue weighted by molar-refractivity contribution is 1.13. The molecule has 0 unspecified atom stereocenters. The lowest BCUT2D eigenvalue weighted by atomic mass is 10.1. The molecule has 0 radical (unpaired) electrons. The maximum absolute atomic E-state index is 9.05. The van der Waals surface area contributed by atoms with Crippen molar-refractivity contribution in [3.8, 4) is 6.07 Å². The highest BCUT2D eigenvalue weighted by Crippen LogP contribution is 2.22. The zero-order valence-corrected chi connectivity index (χ0v) is 11.7. The van der Waals surface area contributed by atoms with E-state index >= 15 is 0 Å². The van der Waals surface area contributed by atoms with Crippen LogP contribution < -0.4 is 5.32 Å². The Bertz CT molecular complexity index is 569. The number of halogens is 1. The zero-order valence-electron chi connectivity index (χ0n) is 9.33. The number of thiophene rings is 1. The van der Waals surface area contributed by atoms with E-state index in [4.69, 9.17) is 5.26 Å². The standard InChI is InChI=1S/C13H11BrN2S/c1-9-7-17-8-11(9)6-16-13-3-2-12(14)4-10(13)5-15/h2-4,7-8,16H,6H2,1H3. The molecule has 4 heteroatoms. The van der Waals surface area contributed by atoms with Crippen LogP contribution in [0.4, 0.5) is 5.69 Å². The van der Waals surface area contributed by atoms with Crippen LogP contribution in [0.25, 0.3) is 0 Å². The number of benzene rings is 1. The Morgan fingerprint density at radius 1 is 1.41 bits per heavy atom. The van der Waals surface area contributed by atoms with E-state index in [2.05, 4.69) is 45.0 Å². The first-order chi connectivity index (χ1) is 8.20. The molecule has 0 aliphatic carbocycles. The van der Waals surface area contributed by atoms with Crippen LogP contribution in [0.2, 0.25) is 0 Å². The van der Waals surface area contributed by atoms with Crippen molar-refractivity contribution < 1.29 is 0 Å². The maximum Gasteiger partial charge on any atom is 0.101 e. The predicted octanol–water partition coefficient (Wildman–Crippen LogP) is 4.30. The number of aryl methyl sites for hydroxylation is 1. The van der Waals surface area contributed by atoms with Crippen molar-refractivity contribution in [3.63, 3.8) is 0 Å². The molecule has 0 aliphatic heterocycles. The van der Waals surface area contributed by atoms with E-state index < -0.39 is 0 Å². The van der Waals surface area contributed by atoms with Gasteiger partial charge in [-0.1, -0.05) is 15.9 Å². The smallest absolute Gasteiger partial charge is 0.101 e. The molecule has 1 heterocycles. The fraction of sp³-hybridized carbons (Fsp3) is 0.154. The second kappa shape index (κ2) is 5.35. The molecule has 2 nitrogen and oxygen atoms in total. The van der Waals surface area contributed by atoms with Gasteiger partial charge in [0.15, 0.2) is 0 Å². The molecule has 0 amide bonds. The molecule has 0 aliphatic rings. The third-order valence-electron chi connectivity index (χ3n) is 2.53. The Balaban J connectivity index is 2.15. The van der Waals surface area contributed by atoms with Crippen LogP contribution in [0.1, 0.15) is 16.7 Å². The van der Waals surface area contributed by atoms with Gasteiger partial charge in [0.05, 0.1) is 11.3 Å². The quantitative estimate of drug-likeness (QED) is 0.917. The molecule has 0 atom stereocenters. The van der Waals surface area contributed by atoms with E-state index in [0.717, 1.165) is 16.7 Å². The van der Waals surface area contributed by atoms with Gasteiger partial charge in [-0.2, -0.15) is 16.6 Å². The molecule has 17 heavy (non-hydrogen) atoms. The molecule has 2 aromatic rings. The van der Waals surface area contributed by atoms with Gasteiger partial charge in [-0.3, -0.25) is 0 Å². The summed E-state index contributed by atoms with van der Waals surface area (Å²) in [5.41, 5.74) is 4.11. The summed E-state index contributed by atoms with van der Waals surface area (Å²) in [6, 6.07) is 7.87. The Morgan fingerprint density at radius 3 is 2.88 bits per heavy atom. The third-order valence-corrected chi connectivity index (χ3v) is 3.94. The molecule has 0 fully saturated rings. The van der Waals surface area contributed by atoms with Crippen LogP contribution in [0.5, 0.6) is 0 Å². The second-order valence-electron chi connectivity index (χ2n) is 3.74. The highest BCUT2D eigenvalue weighted by Gasteiger charge is 2.04. The molecule has 1 aromatic heterocycles. The fourth-order valence-corrected chi connectivity index (χ4v) is 2.74. The lowest BCUT2D eigenvalue weighted by Gasteiger charge is -2.08. The lowest BCUT2D eigenvalue weighted by Crippen LogP contribution is -2.01. The van der Waals surface area contributed by atoms with Gasteiger partial charge in [0, 0.05) is 11.0 Å². The summed E-state index contributed by atoms with van der Waals surface area (Å²) in [4.78, 5) is 0. The molecular weight excluding hydrogens is 296 g/mol. The van der Waals surface area contributed by atoms with Crippen molar-refractivity contribution in [1.82, 2.24) is 0 Å². The first-order valence-corrected chi connectivity index (χ1v) is 6.89. The summed E-state index contributed by atoms with van der Waals surface area (Å²) in [5.74, 6) is 0. The zero-order chi connectivity index (χ0) is 12.3. The molecule has 0 saturated heterocycles. The Hall–Kier alpha value is -1.31. The molecule has 2 rings (SSSR count). The Labute approximate surface area is 113 Å². The van der Waals surface area contributed by atoms with Crippen molar-refractivity contribution >= 4 is 33.0 Å². The molecular formula is C13H11BrN2S. The largest absolute Gasteiger partial charge is 0.380 e. The van der Waals surface area contributed by atoms with E-state index in [-0.39, 0.29) is 0 Å². The van der Waals surface area contributed by atoms with Crippen molar-refractivity contribution in [2.75, 3.05) is 5.32 Å². The van der Waals surface area contributed by atoms with E-state index in [9.17, 15) is 0 Å². The van der Waals surface area contributed by atoms with E-state index in [1.54, 1.807) is 11.3 Å². The highest BCUT2D eigenvalue weighted by atomic mass is 79.9. The predicted molar refractivity (Wildman–Crippen MR) is 75.2 cm³/mol. The average molecular weight is 307 g/mol. The van der Waals surface area contributed by atoms with Crippen molar-refractivity contribution in [2.45, 2.75) is 13.5 Å². The number of rotatable bonds is 3. The van der Waals surface area contributed by atoms with Crippen LogP contribution in [0.15, 0.2) is 33.4 Å². The molecule has 86 valence electrons. The minimum atomic E-state index is 0.659. The van der Waals surface area contributed by atoms with Gasteiger partial charge in [0.2, 0.25) is 0 Å². The number of nitrogens with zero attached hydrogens (tertiary/aromatic N) is 1. The summed E-state index contributed by atoms with van der Waals surface area (Å²) >= 11 is 5.06. The monoisotopic (exact) mass is 306 g/mol. The summed E-state index contributed by atoms with van der Waals surface area (Å²) in [6.45, 7) is 2.85. The summed E-state index contributed by atoms with van der Waals surface area (Å²) in [5, 5.41) is 16.6. The number of hydrogen-bond acceptors (Lipinski definition) is 3. The summed E-state index contributed by atoms with van der Waals surface area (Å²) < 4.78 is 0.923. The normalized spacial score (nSPS) is 9.94. The molecule has 0 saturated carbocycles. The fourth-order valence-electron chi connectivity index (χ4n) is 1.52. The molecule has 0 bridgehead atoms. The Morgan fingerprint density at radius 2 is 2.24 bits per heavy atom. The molecule has 1 N–H and O–H groups in total. The van der Waals surface area contributed by atoms with Crippen molar-refractivity contribution in [3.05, 3.63) is 50.1 Å². The number of anilines is 1. The Kier molecular flexibility index (Phi) is 3.82. The van der Waals surface area contributed by atoms with Gasteiger partial charge in [0.25, 0.3) is 0 Å². The highest BCUT2D eigenvalue weighted by molar-refractivity contribution is 9.10. The van der Waals surface area contributed by atoms with Crippen LogP contribution >= 0.6 is 27.3 Å². The third kappa shape index (κ3) is 2.87. The maximum atomic E-state index is 9.05. The summed E-state index contributed by atoms with van der Waals surface area (Å²) in [7, 11) is 0. The first kappa shape index (κ1) is 12.2. The minimum Gasteiger partial charge on any atom is -0.380 e. The van der Waals surface area contributed by atoms with Crippen molar-refractivity contribution in [1.29, 1.82) is 5.26 Å². The average Bonchev–Trinajstić information content (AvgIpc) is 2.73. The van der Waals surface area contributed by atoms with E-state index in [0.29, 0.717) is 5.56 Å². The SMILES string of the molecule is Cc1cscc1CNc1ccc(Br)cc1C#N. The van der Waals surface area contributed by atoms with E-state index in [1.165, 1.54) is 11.1 Å². The second-order valence-corrected chi connectivity index (χ2v) is 5.39. The van der Waals surface area contributed by atoms with Gasteiger partial charge in [-0.05, 0) is 47.0 Å². The van der Waals surface area contributed by atoms with Crippen LogP contribution in [-0.2, 0) is 6.54 Å². The van der Waals surface area contributed by atoms with E-state index in [1.807, 2.05) is 18.2 Å². The molecule has 1 aromatic carbocycles. The minimum absolute atomic E-state index is 0.659. The van der Waals surface area contributed by atoms with Gasteiger partial charge >= 0.3 is 0 Å². The van der Waals surface area contributed by atoms with Crippen LogP contribution in [-0.4, -0.2) is 0 Å². The van der Waals surface area contributed by atoms with Crippen LogP contribution in [0.3, 0.4) is 0 Å².